The van der Waals surface area contributed by atoms with Gasteiger partial charge >= 0.3 is 0 Å². The van der Waals surface area contributed by atoms with Gasteiger partial charge in [-0.05, 0) is 38.5 Å². The number of nitrogens with two attached hydrogens (primary N) is 1. The summed E-state index contributed by atoms with van der Waals surface area (Å²) in [4.78, 5) is 0. The molecule has 0 amide bonds. The Morgan fingerprint density at radius 1 is 1.11 bits per heavy atom. The van der Waals surface area contributed by atoms with E-state index >= 15 is 0 Å². The number of methoxy groups -OCH3 is 1. The van der Waals surface area contributed by atoms with Crippen LogP contribution >= 0.6 is 0 Å². The fourth-order valence-electron chi connectivity index (χ4n) is 3.00. The van der Waals surface area contributed by atoms with Gasteiger partial charge in [-0.15, -0.1) is 0 Å². The molecule has 1 saturated carbocycles. The summed E-state index contributed by atoms with van der Waals surface area (Å²) in [5.41, 5.74) is 5.86. The molecule has 2 rings (SSSR count). The second-order valence-corrected chi connectivity index (χ2v) is 5.72. The molecule has 5 atom stereocenters. The molecule has 0 spiro atoms. The number of aliphatic hydroxyl groups is 1. The van der Waals surface area contributed by atoms with E-state index in [1.54, 1.807) is 7.11 Å². The van der Waals surface area contributed by atoms with Crippen LogP contribution in [0.3, 0.4) is 0 Å². The maximum atomic E-state index is 9.99. The lowest BCUT2D eigenvalue weighted by atomic mass is 9.90. The Bertz CT molecular complexity index is 262. The minimum absolute atomic E-state index is 0.124. The van der Waals surface area contributed by atoms with Crippen LogP contribution in [0.5, 0.6) is 0 Å². The summed E-state index contributed by atoms with van der Waals surface area (Å²) >= 11 is 0. The predicted octanol–water partition coefficient (Wildman–Crippen LogP) is 0.828. The number of ether oxygens (including phenoxy) is 3. The van der Waals surface area contributed by atoms with Crippen LogP contribution < -0.4 is 5.73 Å². The first-order valence-corrected chi connectivity index (χ1v) is 7.40. The van der Waals surface area contributed by atoms with Crippen LogP contribution in [-0.4, -0.2) is 55.9 Å². The zero-order valence-electron chi connectivity index (χ0n) is 11.8. The second-order valence-electron chi connectivity index (χ2n) is 5.72. The minimum atomic E-state index is -0.535. The molecule has 0 aromatic rings. The van der Waals surface area contributed by atoms with Crippen LogP contribution in [0.25, 0.3) is 0 Å². The van der Waals surface area contributed by atoms with Crippen molar-refractivity contribution < 1.29 is 19.3 Å². The second kappa shape index (κ2) is 7.55. The van der Waals surface area contributed by atoms with Crippen molar-refractivity contribution in [2.45, 2.75) is 69.0 Å². The Hall–Kier alpha value is -0.200. The highest BCUT2D eigenvalue weighted by molar-refractivity contribution is 4.85. The SMILES string of the molecule is COCC1CCCC(CO[C@@H]2CCC[C@@H](N)[C@@H]2O)O1. The van der Waals surface area contributed by atoms with Crippen molar-refractivity contribution in [2.75, 3.05) is 20.3 Å². The first-order valence-electron chi connectivity index (χ1n) is 7.40. The third kappa shape index (κ3) is 4.39. The van der Waals surface area contributed by atoms with Gasteiger partial charge in [0.05, 0.1) is 37.6 Å². The Balaban J connectivity index is 1.72. The first kappa shape index (κ1) is 15.2. The molecule has 0 radical (unpaired) electrons. The molecule has 5 nitrogen and oxygen atoms in total. The zero-order valence-corrected chi connectivity index (χ0v) is 11.8. The molecule has 2 unspecified atom stereocenters. The highest BCUT2D eigenvalue weighted by Crippen LogP contribution is 2.23. The van der Waals surface area contributed by atoms with E-state index in [1.807, 2.05) is 0 Å². The summed E-state index contributed by atoms with van der Waals surface area (Å²) in [5.74, 6) is 0. The van der Waals surface area contributed by atoms with Crippen LogP contribution in [-0.2, 0) is 14.2 Å². The molecule has 0 aromatic carbocycles. The Labute approximate surface area is 115 Å². The van der Waals surface area contributed by atoms with Crippen molar-refractivity contribution in [2.24, 2.45) is 5.73 Å². The lowest BCUT2D eigenvalue weighted by Crippen LogP contribution is -2.48. The Morgan fingerprint density at radius 2 is 1.79 bits per heavy atom. The maximum absolute atomic E-state index is 9.99. The number of hydrogen-bond acceptors (Lipinski definition) is 5. The topological polar surface area (TPSA) is 73.9 Å². The van der Waals surface area contributed by atoms with Crippen LogP contribution in [0.15, 0.2) is 0 Å². The Morgan fingerprint density at radius 3 is 2.53 bits per heavy atom. The van der Waals surface area contributed by atoms with E-state index in [1.165, 1.54) is 0 Å². The first-order chi connectivity index (χ1) is 9.20. The summed E-state index contributed by atoms with van der Waals surface area (Å²) in [5, 5.41) is 9.99. The largest absolute Gasteiger partial charge is 0.389 e. The van der Waals surface area contributed by atoms with Crippen molar-refractivity contribution in [1.29, 1.82) is 0 Å². The predicted molar refractivity (Wildman–Crippen MR) is 72.0 cm³/mol. The molecule has 0 aromatic heterocycles. The normalized spacial score (nSPS) is 40.3. The molecule has 1 aliphatic heterocycles. The van der Waals surface area contributed by atoms with Crippen LogP contribution in [0.4, 0.5) is 0 Å². The summed E-state index contributed by atoms with van der Waals surface area (Å²) in [6.45, 7) is 1.20. The number of aliphatic hydroxyl groups excluding tert-OH is 1. The van der Waals surface area contributed by atoms with Gasteiger partial charge in [-0.1, -0.05) is 0 Å². The average molecular weight is 273 g/mol. The highest BCUT2D eigenvalue weighted by Gasteiger charge is 2.31. The number of hydrogen-bond donors (Lipinski definition) is 2. The minimum Gasteiger partial charge on any atom is -0.389 e. The molecule has 2 aliphatic rings. The fraction of sp³-hybridized carbons (Fsp3) is 1.00. The smallest absolute Gasteiger partial charge is 0.0952 e. The van der Waals surface area contributed by atoms with Gasteiger partial charge in [-0.2, -0.15) is 0 Å². The van der Waals surface area contributed by atoms with E-state index in [-0.39, 0.29) is 24.4 Å². The third-order valence-electron chi connectivity index (χ3n) is 4.13. The van der Waals surface area contributed by atoms with Crippen LogP contribution in [0.1, 0.15) is 38.5 Å². The average Bonchev–Trinajstić information content (AvgIpc) is 2.41. The van der Waals surface area contributed by atoms with Gasteiger partial charge in [0.25, 0.3) is 0 Å². The van der Waals surface area contributed by atoms with Crippen LogP contribution in [0, 0.1) is 0 Å². The van der Waals surface area contributed by atoms with E-state index < -0.39 is 6.10 Å². The van der Waals surface area contributed by atoms with Gasteiger partial charge in [0.1, 0.15) is 0 Å². The highest BCUT2D eigenvalue weighted by atomic mass is 16.6. The number of rotatable bonds is 5. The van der Waals surface area contributed by atoms with E-state index in [9.17, 15) is 5.11 Å². The lowest BCUT2D eigenvalue weighted by Gasteiger charge is -2.35. The fourth-order valence-corrected chi connectivity index (χ4v) is 3.00. The molecule has 2 fully saturated rings. The molecule has 3 N–H and O–H groups in total. The molecule has 19 heavy (non-hydrogen) atoms. The van der Waals surface area contributed by atoms with Gasteiger partial charge in [-0.3, -0.25) is 0 Å². The molecular formula is C14H27NO4. The maximum Gasteiger partial charge on any atom is 0.0952 e. The standard InChI is InChI=1S/C14H27NO4/c1-17-8-10-4-2-5-11(19-10)9-18-13-7-3-6-12(15)14(13)16/h10-14,16H,2-9,15H2,1H3/t10?,11?,12-,13-,14+/m1/s1. The summed E-state index contributed by atoms with van der Waals surface area (Å²) in [6, 6.07) is -0.146. The molecule has 1 aliphatic carbocycles. The lowest BCUT2D eigenvalue weighted by molar-refractivity contribution is -0.137. The zero-order chi connectivity index (χ0) is 13.7. The molecule has 1 saturated heterocycles. The summed E-state index contributed by atoms with van der Waals surface area (Å²) < 4.78 is 16.9. The van der Waals surface area contributed by atoms with Gasteiger partial charge in [0.2, 0.25) is 0 Å². The van der Waals surface area contributed by atoms with E-state index in [0.29, 0.717) is 13.2 Å². The van der Waals surface area contributed by atoms with Crippen molar-refractivity contribution in [3.63, 3.8) is 0 Å². The third-order valence-corrected chi connectivity index (χ3v) is 4.13. The molecule has 1 heterocycles. The van der Waals surface area contributed by atoms with Gasteiger partial charge < -0.3 is 25.1 Å². The molecule has 5 heteroatoms. The Kier molecular flexibility index (Phi) is 6.04. The van der Waals surface area contributed by atoms with Gasteiger partial charge in [0, 0.05) is 13.2 Å². The molecule has 112 valence electrons. The monoisotopic (exact) mass is 273 g/mol. The van der Waals surface area contributed by atoms with Crippen LogP contribution in [0.2, 0.25) is 0 Å². The van der Waals surface area contributed by atoms with Crippen molar-refractivity contribution in [3.8, 4) is 0 Å². The molecular weight excluding hydrogens is 246 g/mol. The quantitative estimate of drug-likeness (QED) is 0.776. The van der Waals surface area contributed by atoms with E-state index in [4.69, 9.17) is 19.9 Å². The summed E-state index contributed by atoms with van der Waals surface area (Å²) in [7, 11) is 1.70. The summed E-state index contributed by atoms with van der Waals surface area (Å²) in [6.07, 6.45) is 5.68. The van der Waals surface area contributed by atoms with Gasteiger partial charge in [0.15, 0.2) is 0 Å². The molecule has 0 bridgehead atoms. The van der Waals surface area contributed by atoms with Crippen molar-refractivity contribution in [1.82, 2.24) is 0 Å². The van der Waals surface area contributed by atoms with Crippen molar-refractivity contribution >= 4 is 0 Å². The van der Waals surface area contributed by atoms with E-state index in [0.717, 1.165) is 38.5 Å². The van der Waals surface area contributed by atoms with E-state index in [2.05, 4.69) is 0 Å². The van der Waals surface area contributed by atoms with Gasteiger partial charge in [-0.25, -0.2) is 0 Å². The van der Waals surface area contributed by atoms with Crippen molar-refractivity contribution in [3.05, 3.63) is 0 Å².